The van der Waals surface area contributed by atoms with Gasteiger partial charge in [0.2, 0.25) is 5.91 Å². The second kappa shape index (κ2) is 8.19. The summed E-state index contributed by atoms with van der Waals surface area (Å²) >= 11 is 0. The summed E-state index contributed by atoms with van der Waals surface area (Å²) in [7, 11) is -3.10. The number of rotatable bonds is 4. The van der Waals surface area contributed by atoms with E-state index >= 15 is 0 Å². The van der Waals surface area contributed by atoms with Crippen LogP contribution in [0.15, 0.2) is 24.3 Å². The molecule has 0 saturated carbocycles. The van der Waals surface area contributed by atoms with Crippen molar-refractivity contribution in [2.45, 2.75) is 19.4 Å². The van der Waals surface area contributed by atoms with Gasteiger partial charge in [0.05, 0.1) is 29.1 Å². The highest BCUT2D eigenvalue weighted by molar-refractivity contribution is 7.91. The standard InChI is InChI=1S/C19H23N3O5S/c1-14(27-17-4-2-15(12-20)3-5-17)18(23)21-7-9-22(10-8-21)19(24)16-6-11-28(25,26)13-16/h2-5,14,16H,6-11,13H2,1H3/t14-,16+/m1/s1. The van der Waals surface area contributed by atoms with E-state index in [9.17, 15) is 18.0 Å². The minimum Gasteiger partial charge on any atom is -0.481 e. The average molecular weight is 405 g/mol. The Balaban J connectivity index is 1.50. The lowest BCUT2D eigenvalue weighted by atomic mass is 10.1. The van der Waals surface area contributed by atoms with E-state index in [1.165, 1.54) is 0 Å². The third kappa shape index (κ3) is 4.62. The molecule has 9 heteroatoms. The molecule has 0 aromatic heterocycles. The zero-order valence-corrected chi connectivity index (χ0v) is 16.5. The molecule has 0 N–H and O–H groups in total. The van der Waals surface area contributed by atoms with E-state index in [0.29, 0.717) is 43.9 Å². The number of piperazine rings is 1. The van der Waals surface area contributed by atoms with Crippen LogP contribution in [-0.4, -0.2) is 73.8 Å². The topological polar surface area (TPSA) is 108 Å². The molecule has 1 aromatic carbocycles. The van der Waals surface area contributed by atoms with Gasteiger partial charge >= 0.3 is 0 Å². The molecule has 0 spiro atoms. The number of nitrogens with zero attached hydrogens (tertiary/aromatic N) is 3. The minimum atomic E-state index is -3.10. The molecule has 0 aliphatic carbocycles. The molecule has 0 unspecified atom stereocenters. The molecule has 2 saturated heterocycles. The van der Waals surface area contributed by atoms with Crippen molar-refractivity contribution >= 4 is 21.7 Å². The summed E-state index contributed by atoms with van der Waals surface area (Å²) < 4.78 is 28.8. The second-order valence-corrected chi connectivity index (χ2v) is 9.38. The molecule has 2 atom stereocenters. The third-order valence-corrected chi connectivity index (χ3v) is 6.90. The molecule has 0 radical (unpaired) electrons. The fraction of sp³-hybridized carbons (Fsp3) is 0.526. The monoisotopic (exact) mass is 405 g/mol. The van der Waals surface area contributed by atoms with Gasteiger partial charge in [0.1, 0.15) is 5.75 Å². The molecule has 2 amide bonds. The van der Waals surface area contributed by atoms with Crippen molar-refractivity contribution in [1.82, 2.24) is 9.80 Å². The Labute approximate surface area is 164 Å². The summed E-state index contributed by atoms with van der Waals surface area (Å²) in [6, 6.07) is 8.57. The Morgan fingerprint density at radius 1 is 1.14 bits per heavy atom. The first-order valence-electron chi connectivity index (χ1n) is 9.24. The van der Waals surface area contributed by atoms with Crippen LogP contribution in [0.4, 0.5) is 0 Å². The van der Waals surface area contributed by atoms with Gasteiger partial charge in [0, 0.05) is 26.2 Å². The maximum atomic E-state index is 12.6. The van der Waals surface area contributed by atoms with Gasteiger partial charge in [-0.2, -0.15) is 5.26 Å². The van der Waals surface area contributed by atoms with Crippen LogP contribution in [-0.2, 0) is 19.4 Å². The Hall–Kier alpha value is -2.60. The van der Waals surface area contributed by atoms with E-state index in [1.807, 2.05) is 6.07 Å². The van der Waals surface area contributed by atoms with Crippen molar-refractivity contribution in [1.29, 1.82) is 5.26 Å². The number of sulfone groups is 1. The Morgan fingerprint density at radius 2 is 1.75 bits per heavy atom. The smallest absolute Gasteiger partial charge is 0.263 e. The van der Waals surface area contributed by atoms with Gasteiger partial charge in [-0.25, -0.2) is 8.42 Å². The van der Waals surface area contributed by atoms with Crippen molar-refractivity contribution in [2.24, 2.45) is 5.92 Å². The Bertz CT molecular complexity index is 883. The van der Waals surface area contributed by atoms with E-state index in [-0.39, 0.29) is 23.3 Å². The van der Waals surface area contributed by atoms with E-state index in [0.717, 1.165) is 0 Å². The van der Waals surface area contributed by atoms with Crippen LogP contribution in [0.1, 0.15) is 18.9 Å². The number of benzene rings is 1. The molecule has 8 nitrogen and oxygen atoms in total. The highest BCUT2D eigenvalue weighted by Gasteiger charge is 2.37. The molecular weight excluding hydrogens is 382 g/mol. The number of carbonyl (C=O) groups is 2. The quantitative estimate of drug-likeness (QED) is 0.719. The molecule has 2 aliphatic rings. The first-order chi connectivity index (χ1) is 13.3. The average Bonchev–Trinajstić information content (AvgIpc) is 3.07. The molecule has 2 fully saturated rings. The predicted molar refractivity (Wildman–Crippen MR) is 101 cm³/mol. The number of carbonyl (C=O) groups excluding carboxylic acids is 2. The number of hydrogen-bond donors (Lipinski definition) is 0. The second-order valence-electron chi connectivity index (χ2n) is 7.15. The van der Waals surface area contributed by atoms with Crippen LogP contribution in [0.25, 0.3) is 0 Å². The number of hydrogen-bond acceptors (Lipinski definition) is 6. The van der Waals surface area contributed by atoms with Gasteiger partial charge in [-0.1, -0.05) is 0 Å². The first kappa shape index (κ1) is 20.1. The Kier molecular flexibility index (Phi) is 5.89. The van der Waals surface area contributed by atoms with Gasteiger partial charge in [-0.3, -0.25) is 9.59 Å². The van der Waals surface area contributed by atoms with Crippen molar-refractivity contribution in [2.75, 3.05) is 37.7 Å². The van der Waals surface area contributed by atoms with E-state index in [4.69, 9.17) is 10.00 Å². The summed E-state index contributed by atoms with van der Waals surface area (Å²) in [6.07, 6.45) is -0.300. The zero-order valence-electron chi connectivity index (χ0n) is 15.7. The molecule has 0 bridgehead atoms. The van der Waals surface area contributed by atoms with E-state index < -0.39 is 21.9 Å². The van der Waals surface area contributed by atoms with E-state index in [1.54, 1.807) is 41.0 Å². The lowest BCUT2D eigenvalue weighted by molar-refractivity contribution is -0.145. The normalized spacial score (nSPS) is 22.4. The van der Waals surface area contributed by atoms with Gasteiger partial charge < -0.3 is 14.5 Å². The third-order valence-electron chi connectivity index (χ3n) is 5.13. The summed E-state index contributed by atoms with van der Waals surface area (Å²) in [5.74, 6) is -0.232. The molecule has 2 aliphatic heterocycles. The van der Waals surface area contributed by atoms with Gasteiger partial charge in [0.25, 0.3) is 5.91 Å². The lowest BCUT2D eigenvalue weighted by Gasteiger charge is -2.36. The first-order valence-corrected chi connectivity index (χ1v) is 11.1. The van der Waals surface area contributed by atoms with E-state index in [2.05, 4.69) is 0 Å². The van der Waals surface area contributed by atoms with Crippen LogP contribution < -0.4 is 4.74 Å². The summed E-state index contributed by atoms with van der Waals surface area (Å²) in [6.45, 7) is 3.24. The fourth-order valence-corrected chi connectivity index (χ4v) is 5.25. The van der Waals surface area contributed by atoms with Gasteiger partial charge in [-0.15, -0.1) is 0 Å². The summed E-state index contributed by atoms with van der Waals surface area (Å²) in [5.41, 5.74) is 0.516. The highest BCUT2D eigenvalue weighted by atomic mass is 32.2. The lowest BCUT2D eigenvalue weighted by Crippen LogP contribution is -2.54. The predicted octanol–water partition coefficient (Wildman–Crippen LogP) is 0.431. The van der Waals surface area contributed by atoms with Gasteiger partial charge in [-0.05, 0) is 37.6 Å². The number of nitriles is 1. The number of amides is 2. The Morgan fingerprint density at radius 3 is 2.29 bits per heavy atom. The summed E-state index contributed by atoms with van der Waals surface area (Å²) in [4.78, 5) is 28.4. The van der Waals surface area contributed by atoms with Gasteiger partial charge in [0.15, 0.2) is 15.9 Å². The van der Waals surface area contributed by atoms with Crippen LogP contribution in [0.3, 0.4) is 0 Å². The van der Waals surface area contributed by atoms with Crippen LogP contribution in [0.5, 0.6) is 5.75 Å². The molecule has 3 rings (SSSR count). The molecule has 28 heavy (non-hydrogen) atoms. The highest BCUT2D eigenvalue weighted by Crippen LogP contribution is 2.22. The van der Waals surface area contributed by atoms with Crippen molar-refractivity contribution in [3.8, 4) is 11.8 Å². The minimum absolute atomic E-state index is 0.0690. The van der Waals surface area contributed by atoms with Crippen molar-refractivity contribution in [3.63, 3.8) is 0 Å². The zero-order chi connectivity index (χ0) is 20.3. The maximum Gasteiger partial charge on any atom is 0.263 e. The van der Waals surface area contributed by atoms with Crippen LogP contribution in [0.2, 0.25) is 0 Å². The van der Waals surface area contributed by atoms with Crippen molar-refractivity contribution < 1.29 is 22.7 Å². The van der Waals surface area contributed by atoms with Crippen LogP contribution in [0, 0.1) is 17.2 Å². The molecule has 1 aromatic rings. The molecular formula is C19H23N3O5S. The SMILES string of the molecule is C[C@@H](Oc1ccc(C#N)cc1)C(=O)N1CCN(C(=O)[C@H]2CCS(=O)(=O)C2)CC1. The fourth-order valence-electron chi connectivity index (χ4n) is 3.51. The number of ether oxygens (including phenoxy) is 1. The maximum absolute atomic E-state index is 12.6. The molecule has 150 valence electrons. The van der Waals surface area contributed by atoms with Crippen molar-refractivity contribution in [3.05, 3.63) is 29.8 Å². The largest absolute Gasteiger partial charge is 0.481 e. The summed E-state index contributed by atoms with van der Waals surface area (Å²) in [5, 5.41) is 8.81. The molecule has 2 heterocycles. The van der Waals surface area contributed by atoms with Crippen LogP contribution >= 0.6 is 0 Å².